The monoisotopic (exact) mass is 407 g/mol. The van der Waals surface area contributed by atoms with Gasteiger partial charge in [-0.05, 0) is 49.2 Å². The molecule has 2 aromatic carbocycles. The molecule has 0 fully saturated rings. The highest BCUT2D eigenvalue weighted by atomic mass is 79.9. The van der Waals surface area contributed by atoms with E-state index in [1.165, 1.54) is 18.9 Å². The van der Waals surface area contributed by atoms with Crippen molar-refractivity contribution in [3.8, 4) is 0 Å². The smallest absolute Gasteiger partial charge is 0.339 e. The van der Waals surface area contributed by atoms with E-state index >= 15 is 0 Å². The number of amides is 1. The number of carbonyl (C=O) groups excluding carboxylic acids is 2. The summed E-state index contributed by atoms with van der Waals surface area (Å²) in [6, 6.07) is 10.9. The first-order valence-electron chi connectivity index (χ1n) is 7.29. The summed E-state index contributed by atoms with van der Waals surface area (Å²) in [4.78, 5) is 25.0. The second-order valence-corrected chi connectivity index (χ2v) is 7.11. The summed E-state index contributed by atoms with van der Waals surface area (Å²) in [5.41, 5.74) is 3.03. The van der Waals surface area contributed by atoms with Crippen molar-refractivity contribution in [2.45, 2.75) is 18.7 Å². The molecule has 0 saturated carbocycles. The number of aryl methyl sites for hydroxylation is 2. The molecule has 4 nitrogen and oxygen atoms in total. The lowest BCUT2D eigenvalue weighted by Crippen LogP contribution is -2.17. The number of para-hydroxylation sites is 1. The van der Waals surface area contributed by atoms with Gasteiger partial charge in [0.15, 0.2) is 0 Å². The maximum atomic E-state index is 12.2. The molecule has 0 aliphatic heterocycles. The quantitative estimate of drug-likeness (QED) is 0.581. The minimum Gasteiger partial charge on any atom is -0.465 e. The van der Waals surface area contributed by atoms with Crippen LogP contribution in [0, 0.1) is 13.8 Å². The van der Waals surface area contributed by atoms with Crippen LogP contribution in [0.25, 0.3) is 0 Å². The van der Waals surface area contributed by atoms with Crippen molar-refractivity contribution in [1.29, 1.82) is 0 Å². The Balaban J connectivity index is 2.05. The van der Waals surface area contributed by atoms with Crippen molar-refractivity contribution >= 4 is 45.3 Å². The van der Waals surface area contributed by atoms with Crippen LogP contribution in [0.5, 0.6) is 0 Å². The molecule has 0 atom stereocenters. The second-order valence-electron chi connectivity index (χ2n) is 5.24. The molecule has 0 heterocycles. The number of ether oxygens (including phenoxy) is 1. The molecule has 0 aliphatic rings. The zero-order chi connectivity index (χ0) is 17.7. The molecule has 1 amide bonds. The maximum Gasteiger partial charge on any atom is 0.339 e. The van der Waals surface area contributed by atoms with Crippen LogP contribution in [-0.2, 0) is 9.53 Å². The van der Waals surface area contributed by atoms with Gasteiger partial charge in [-0.3, -0.25) is 4.79 Å². The first-order valence-corrected chi connectivity index (χ1v) is 9.07. The molecule has 0 bridgehead atoms. The van der Waals surface area contributed by atoms with Gasteiger partial charge in [0.1, 0.15) is 0 Å². The van der Waals surface area contributed by atoms with Gasteiger partial charge in [-0.15, -0.1) is 11.8 Å². The number of anilines is 1. The van der Waals surface area contributed by atoms with Gasteiger partial charge in [0.25, 0.3) is 0 Å². The fourth-order valence-corrected chi connectivity index (χ4v) is 3.48. The van der Waals surface area contributed by atoms with Gasteiger partial charge in [0, 0.05) is 9.37 Å². The van der Waals surface area contributed by atoms with Gasteiger partial charge in [-0.25, -0.2) is 4.79 Å². The standard InChI is InChI=1S/C18H18BrNO3S/c1-11-9-16(12(2)8-14(11)19)24-10-17(21)20-15-7-5-4-6-13(15)18(22)23-3/h4-9H,10H2,1-3H3,(H,20,21). The first kappa shape index (κ1) is 18.5. The SMILES string of the molecule is COC(=O)c1ccccc1NC(=O)CSc1cc(C)c(Br)cc1C. The number of halogens is 1. The minimum absolute atomic E-state index is 0.170. The number of thioether (sulfide) groups is 1. The number of rotatable bonds is 5. The summed E-state index contributed by atoms with van der Waals surface area (Å²) in [5.74, 6) is -0.383. The predicted molar refractivity (Wildman–Crippen MR) is 101 cm³/mol. The number of hydrogen-bond acceptors (Lipinski definition) is 4. The average Bonchev–Trinajstić information content (AvgIpc) is 2.56. The molecule has 1 N–H and O–H groups in total. The van der Waals surface area contributed by atoms with Gasteiger partial charge in [0.2, 0.25) is 5.91 Å². The molecule has 0 aliphatic carbocycles. The highest BCUT2D eigenvalue weighted by molar-refractivity contribution is 9.10. The van der Waals surface area contributed by atoms with Crippen LogP contribution in [0.1, 0.15) is 21.5 Å². The lowest BCUT2D eigenvalue weighted by molar-refractivity contribution is -0.113. The van der Waals surface area contributed by atoms with Crippen LogP contribution in [-0.4, -0.2) is 24.7 Å². The Kier molecular flexibility index (Phi) is 6.45. The Morgan fingerprint density at radius 1 is 1.17 bits per heavy atom. The summed E-state index contributed by atoms with van der Waals surface area (Å²) in [6.45, 7) is 4.03. The van der Waals surface area contributed by atoms with Gasteiger partial charge in [-0.2, -0.15) is 0 Å². The predicted octanol–water partition coefficient (Wildman–Crippen LogP) is 4.58. The van der Waals surface area contributed by atoms with E-state index in [1.807, 2.05) is 19.9 Å². The largest absolute Gasteiger partial charge is 0.465 e. The fraction of sp³-hybridized carbons (Fsp3) is 0.222. The molecule has 2 rings (SSSR count). The molecule has 0 aromatic heterocycles. The Labute approximate surface area is 154 Å². The fourth-order valence-electron chi connectivity index (χ4n) is 2.12. The van der Waals surface area contributed by atoms with E-state index in [9.17, 15) is 9.59 Å². The van der Waals surface area contributed by atoms with E-state index < -0.39 is 5.97 Å². The maximum absolute atomic E-state index is 12.2. The van der Waals surface area contributed by atoms with Gasteiger partial charge in [-0.1, -0.05) is 28.1 Å². The molecule has 2 aromatic rings. The lowest BCUT2D eigenvalue weighted by atomic mass is 10.2. The van der Waals surface area contributed by atoms with E-state index in [0.29, 0.717) is 11.3 Å². The molecule has 0 saturated heterocycles. The third-order valence-electron chi connectivity index (χ3n) is 3.42. The van der Waals surface area contributed by atoms with Crippen molar-refractivity contribution in [2.75, 3.05) is 18.2 Å². The molecular weight excluding hydrogens is 390 g/mol. The first-order chi connectivity index (χ1) is 11.4. The second kappa shape index (κ2) is 8.35. The van der Waals surface area contributed by atoms with Gasteiger partial charge < -0.3 is 10.1 Å². The molecular formula is C18H18BrNO3S. The van der Waals surface area contributed by atoms with Crippen LogP contribution in [0.4, 0.5) is 5.69 Å². The van der Waals surface area contributed by atoms with Crippen molar-refractivity contribution in [1.82, 2.24) is 0 Å². The Hall–Kier alpha value is -1.79. The summed E-state index contributed by atoms with van der Waals surface area (Å²) in [5, 5.41) is 2.77. The van der Waals surface area contributed by atoms with Crippen LogP contribution in [0.15, 0.2) is 45.8 Å². The number of nitrogens with one attached hydrogen (secondary N) is 1. The van der Waals surface area contributed by atoms with Crippen molar-refractivity contribution in [3.05, 3.63) is 57.6 Å². The lowest BCUT2D eigenvalue weighted by Gasteiger charge is -2.11. The topological polar surface area (TPSA) is 55.4 Å². The van der Waals surface area contributed by atoms with Crippen LogP contribution >= 0.6 is 27.7 Å². The third-order valence-corrected chi connectivity index (χ3v) is 5.43. The molecule has 6 heteroatoms. The van der Waals surface area contributed by atoms with E-state index in [-0.39, 0.29) is 11.7 Å². The number of esters is 1. The number of benzene rings is 2. The summed E-state index contributed by atoms with van der Waals surface area (Å²) >= 11 is 4.97. The number of hydrogen-bond donors (Lipinski definition) is 1. The Morgan fingerprint density at radius 3 is 2.58 bits per heavy atom. The highest BCUT2D eigenvalue weighted by Crippen LogP contribution is 2.28. The van der Waals surface area contributed by atoms with Crippen LogP contribution < -0.4 is 5.32 Å². The van der Waals surface area contributed by atoms with E-state index in [0.717, 1.165) is 20.5 Å². The van der Waals surface area contributed by atoms with Crippen LogP contribution in [0.3, 0.4) is 0 Å². The van der Waals surface area contributed by atoms with E-state index in [4.69, 9.17) is 4.74 Å². The van der Waals surface area contributed by atoms with Crippen LogP contribution in [0.2, 0.25) is 0 Å². The zero-order valence-electron chi connectivity index (χ0n) is 13.7. The normalized spacial score (nSPS) is 10.3. The zero-order valence-corrected chi connectivity index (χ0v) is 16.1. The molecule has 24 heavy (non-hydrogen) atoms. The Bertz CT molecular complexity index is 777. The van der Waals surface area contributed by atoms with Gasteiger partial charge >= 0.3 is 5.97 Å². The Morgan fingerprint density at radius 2 is 1.88 bits per heavy atom. The van der Waals surface area contributed by atoms with Gasteiger partial charge in [0.05, 0.1) is 24.1 Å². The number of methoxy groups -OCH3 is 1. The van der Waals surface area contributed by atoms with Crippen molar-refractivity contribution in [3.63, 3.8) is 0 Å². The van der Waals surface area contributed by atoms with Crippen molar-refractivity contribution < 1.29 is 14.3 Å². The molecule has 126 valence electrons. The minimum atomic E-state index is -0.474. The van der Waals surface area contributed by atoms with E-state index in [1.54, 1.807) is 24.3 Å². The third kappa shape index (κ3) is 4.61. The summed E-state index contributed by atoms with van der Waals surface area (Å²) in [6.07, 6.45) is 0. The summed E-state index contributed by atoms with van der Waals surface area (Å²) < 4.78 is 5.78. The molecule has 0 unspecified atom stereocenters. The number of carbonyl (C=O) groups is 2. The molecule has 0 radical (unpaired) electrons. The van der Waals surface area contributed by atoms with Crippen molar-refractivity contribution in [2.24, 2.45) is 0 Å². The molecule has 0 spiro atoms. The highest BCUT2D eigenvalue weighted by Gasteiger charge is 2.14. The summed E-state index contributed by atoms with van der Waals surface area (Å²) in [7, 11) is 1.31. The average molecular weight is 408 g/mol. The van der Waals surface area contributed by atoms with E-state index in [2.05, 4.69) is 27.3 Å².